The molecule has 4 rings (SSSR count). The van der Waals surface area contributed by atoms with Crippen LogP contribution in [0.15, 0.2) is 66.9 Å². The first-order chi connectivity index (χ1) is 16.8. The molecule has 0 unspecified atom stereocenters. The Labute approximate surface area is 200 Å². The standard InChI is InChI=1S/C25H25F3N4O3/c26-25(27,28)17-35-24(34)31-13-11-19(12-14-31)23(33)29-15-20-16-32(21-9-5-2-6-10-21)30-22(20)18-7-3-1-4-8-18/h1-10,16,19H,11-15,17H2,(H,29,33). The van der Waals surface area contributed by atoms with Crippen LogP contribution in [0.2, 0.25) is 0 Å². The van der Waals surface area contributed by atoms with E-state index in [0.717, 1.165) is 22.5 Å². The van der Waals surface area contributed by atoms with E-state index in [1.165, 1.54) is 4.90 Å². The molecule has 35 heavy (non-hydrogen) atoms. The van der Waals surface area contributed by atoms with Gasteiger partial charge in [-0.3, -0.25) is 4.79 Å². The van der Waals surface area contributed by atoms with E-state index in [2.05, 4.69) is 10.1 Å². The third-order valence-electron chi connectivity index (χ3n) is 5.79. The Morgan fingerprint density at radius 1 is 1.00 bits per heavy atom. The smallest absolute Gasteiger partial charge is 0.422 e. The summed E-state index contributed by atoms with van der Waals surface area (Å²) in [5.74, 6) is -0.509. The molecule has 1 N–H and O–H groups in total. The molecule has 0 spiro atoms. The second-order valence-corrected chi connectivity index (χ2v) is 8.30. The molecule has 2 amide bonds. The van der Waals surface area contributed by atoms with Gasteiger partial charge in [0.1, 0.15) is 0 Å². The number of carbonyl (C=O) groups excluding carboxylic acids is 2. The number of nitrogens with zero attached hydrogens (tertiary/aromatic N) is 3. The zero-order chi connectivity index (χ0) is 24.8. The lowest BCUT2D eigenvalue weighted by atomic mass is 9.96. The summed E-state index contributed by atoms with van der Waals surface area (Å²) < 4.78 is 42.8. The summed E-state index contributed by atoms with van der Waals surface area (Å²) in [4.78, 5) is 25.8. The molecule has 1 aromatic heterocycles. The first kappa shape index (κ1) is 24.3. The zero-order valence-electron chi connectivity index (χ0n) is 18.9. The predicted octanol–water partition coefficient (Wildman–Crippen LogP) is 4.57. The fourth-order valence-corrected chi connectivity index (χ4v) is 3.98. The molecule has 1 aliphatic heterocycles. The van der Waals surface area contributed by atoms with Crippen LogP contribution < -0.4 is 5.32 Å². The quantitative estimate of drug-likeness (QED) is 0.554. The van der Waals surface area contributed by atoms with E-state index in [1.807, 2.05) is 66.9 Å². The Hall–Kier alpha value is -3.82. The molecule has 10 heteroatoms. The van der Waals surface area contributed by atoms with E-state index >= 15 is 0 Å². The van der Waals surface area contributed by atoms with Crippen LogP contribution >= 0.6 is 0 Å². The van der Waals surface area contributed by atoms with Crippen LogP contribution in [0.4, 0.5) is 18.0 Å². The Kier molecular flexibility index (Phi) is 7.38. The lowest BCUT2D eigenvalue weighted by Gasteiger charge is -2.30. The van der Waals surface area contributed by atoms with Gasteiger partial charge in [0, 0.05) is 42.9 Å². The average molecular weight is 486 g/mol. The summed E-state index contributed by atoms with van der Waals surface area (Å²) in [6, 6.07) is 19.3. The molecule has 1 aliphatic rings. The van der Waals surface area contributed by atoms with Gasteiger partial charge in [-0.1, -0.05) is 48.5 Å². The normalized spacial score (nSPS) is 14.5. The van der Waals surface area contributed by atoms with Crippen LogP contribution in [0.5, 0.6) is 0 Å². The van der Waals surface area contributed by atoms with Crippen molar-refractivity contribution in [2.75, 3.05) is 19.7 Å². The van der Waals surface area contributed by atoms with E-state index in [1.54, 1.807) is 4.68 Å². The summed E-state index contributed by atoms with van der Waals surface area (Å²) in [5.41, 5.74) is 3.43. The van der Waals surface area contributed by atoms with Gasteiger partial charge >= 0.3 is 12.3 Å². The Morgan fingerprint density at radius 3 is 2.26 bits per heavy atom. The van der Waals surface area contributed by atoms with Crippen molar-refractivity contribution in [2.45, 2.75) is 25.6 Å². The molecule has 184 valence electrons. The number of ether oxygens (including phenoxy) is 1. The van der Waals surface area contributed by atoms with E-state index in [4.69, 9.17) is 5.10 Å². The number of benzene rings is 2. The van der Waals surface area contributed by atoms with Crippen molar-refractivity contribution in [1.82, 2.24) is 20.0 Å². The van der Waals surface area contributed by atoms with Crippen molar-refractivity contribution in [1.29, 1.82) is 0 Å². The van der Waals surface area contributed by atoms with E-state index in [0.29, 0.717) is 12.8 Å². The SMILES string of the molecule is O=C(NCc1cn(-c2ccccc2)nc1-c1ccccc1)C1CCN(C(=O)OCC(F)(F)F)CC1. The summed E-state index contributed by atoms with van der Waals surface area (Å²) in [6.07, 6.45) is -3.00. The van der Waals surface area contributed by atoms with Crippen molar-refractivity contribution in [2.24, 2.45) is 5.92 Å². The number of rotatable bonds is 6. The molecule has 0 bridgehead atoms. The summed E-state index contributed by atoms with van der Waals surface area (Å²) >= 11 is 0. The van der Waals surface area contributed by atoms with Crippen molar-refractivity contribution in [3.05, 3.63) is 72.4 Å². The highest BCUT2D eigenvalue weighted by molar-refractivity contribution is 5.79. The molecule has 7 nitrogen and oxygen atoms in total. The average Bonchev–Trinajstić information content (AvgIpc) is 3.31. The number of hydrogen-bond donors (Lipinski definition) is 1. The lowest BCUT2D eigenvalue weighted by molar-refractivity contribution is -0.162. The number of amides is 2. The van der Waals surface area contributed by atoms with Gasteiger partial charge in [0.05, 0.1) is 11.4 Å². The molecule has 0 aliphatic carbocycles. The molecule has 1 saturated heterocycles. The highest BCUT2D eigenvalue weighted by atomic mass is 19.4. The van der Waals surface area contributed by atoms with E-state index in [-0.39, 0.29) is 31.5 Å². The molecule has 3 aromatic rings. The minimum Gasteiger partial charge on any atom is -0.440 e. The number of piperidine rings is 1. The van der Waals surface area contributed by atoms with Gasteiger partial charge in [0.2, 0.25) is 5.91 Å². The van der Waals surface area contributed by atoms with Gasteiger partial charge < -0.3 is 15.0 Å². The number of aromatic nitrogens is 2. The summed E-state index contributed by atoms with van der Waals surface area (Å²) in [5, 5.41) is 7.69. The van der Waals surface area contributed by atoms with Crippen LogP contribution in [-0.2, 0) is 16.1 Å². The number of nitrogens with one attached hydrogen (secondary N) is 1. The van der Waals surface area contributed by atoms with Gasteiger partial charge in [-0.2, -0.15) is 18.3 Å². The van der Waals surface area contributed by atoms with Crippen LogP contribution in [0, 0.1) is 5.92 Å². The van der Waals surface area contributed by atoms with Gasteiger partial charge in [0.25, 0.3) is 0 Å². The monoisotopic (exact) mass is 486 g/mol. The van der Waals surface area contributed by atoms with Crippen LogP contribution in [0.1, 0.15) is 18.4 Å². The Balaban J connectivity index is 1.37. The third kappa shape index (κ3) is 6.40. The number of carbonyl (C=O) groups is 2. The fourth-order valence-electron chi connectivity index (χ4n) is 3.98. The first-order valence-corrected chi connectivity index (χ1v) is 11.3. The number of halogens is 3. The van der Waals surface area contributed by atoms with Gasteiger partial charge in [-0.25, -0.2) is 9.48 Å². The molecule has 0 radical (unpaired) electrons. The van der Waals surface area contributed by atoms with Crippen molar-refractivity contribution in [3.63, 3.8) is 0 Å². The minimum absolute atomic E-state index is 0.163. The zero-order valence-corrected chi connectivity index (χ0v) is 18.9. The number of alkyl halides is 3. The molecular weight excluding hydrogens is 461 g/mol. The maximum absolute atomic E-state index is 12.8. The van der Waals surface area contributed by atoms with Crippen LogP contribution in [0.25, 0.3) is 16.9 Å². The predicted molar refractivity (Wildman–Crippen MR) is 123 cm³/mol. The largest absolute Gasteiger partial charge is 0.440 e. The third-order valence-corrected chi connectivity index (χ3v) is 5.79. The van der Waals surface area contributed by atoms with Gasteiger partial charge in [-0.05, 0) is 25.0 Å². The Bertz CT molecular complexity index is 1140. The maximum atomic E-state index is 12.8. The van der Waals surface area contributed by atoms with Crippen molar-refractivity contribution in [3.8, 4) is 16.9 Å². The van der Waals surface area contributed by atoms with Crippen molar-refractivity contribution < 1.29 is 27.5 Å². The van der Waals surface area contributed by atoms with E-state index in [9.17, 15) is 22.8 Å². The van der Waals surface area contributed by atoms with Crippen LogP contribution in [0.3, 0.4) is 0 Å². The number of para-hydroxylation sites is 1. The second kappa shape index (κ2) is 10.6. The van der Waals surface area contributed by atoms with E-state index < -0.39 is 18.9 Å². The molecular formula is C25H25F3N4O3. The highest BCUT2D eigenvalue weighted by Gasteiger charge is 2.33. The molecule has 2 heterocycles. The number of hydrogen-bond acceptors (Lipinski definition) is 4. The highest BCUT2D eigenvalue weighted by Crippen LogP contribution is 2.24. The summed E-state index contributed by atoms with van der Waals surface area (Å²) in [7, 11) is 0. The fraction of sp³-hybridized carbons (Fsp3) is 0.320. The molecule has 0 atom stereocenters. The van der Waals surface area contributed by atoms with Gasteiger partial charge in [0.15, 0.2) is 6.61 Å². The number of likely N-dealkylation sites (tertiary alicyclic amines) is 1. The summed E-state index contributed by atoms with van der Waals surface area (Å²) in [6.45, 7) is -1.03. The van der Waals surface area contributed by atoms with Crippen LogP contribution in [-0.4, -0.2) is 52.6 Å². The lowest BCUT2D eigenvalue weighted by Crippen LogP contribution is -2.43. The first-order valence-electron chi connectivity index (χ1n) is 11.3. The van der Waals surface area contributed by atoms with Gasteiger partial charge in [-0.15, -0.1) is 0 Å². The Morgan fingerprint density at radius 2 is 1.63 bits per heavy atom. The molecule has 2 aromatic carbocycles. The second-order valence-electron chi connectivity index (χ2n) is 8.30. The topological polar surface area (TPSA) is 76.5 Å². The molecule has 1 fully saturated rings. The molecule has 0 saturated carbocycles. The van der Waals surface area contributed by atoms with Crippen molar-refractivity contribution >= 4 is 12.0 Å². The maximum Gasteiger partial charge on any atom is 0.422 e. The minimum atomic E-state index is -4.57.